The maximum Gasteiger partial charge on any atom is 0.416 e. The molecule has 0 unspecified atom stereocenters. The Balaban J connectivity index is 1.62. The molecule has 0 saturated heterocycles. The van der Waals surface area contributed by atoms with Crippen molar-refractivity contribution in [3.63, 3.8) is 0 Å². The van der Waals surface area contributed by atoms with Gasteiger partial charge in [0.2, 0.25) is 0 Å². The van der Waals surface area contributed by atoms with Gasteiger partial charge in [-0.15, -0.1) is 5.10 Å². The first-order chi connectivity index (χ1) is 15.5. The zero-order chi connectivity index (χ0) is 23.9. The van der Waals surface area contributed by atoms with Crippen LogP contribution >= 0.6 is 0 Å². The number of carbonyl (C=O) groups excluding carboxylic acids is 1. The van der Waals surface area contributed by atoms with Crippen molar-refractivity contribution in [3.8, 4) is 5.69 Å². The molecule has 1 amide bonds. The van der Waals surface area contributed by atoms with Gasteiger partial charge in [-0.1, -0.05) is 5.21 Å². The molecule has 33 heavy (non-hydrogen) atoms. The fourth-order valence-electron chi connectivity index (χ4n) is 3.31. The Bertz CT molecular complexity index is 1430. The van der Waals surface area contributed by atoms with Crippen LogP contribution in [0.1, 0.15) is 34.6 Å². The average Bonchev–Trinajstić information content (AvgIpc) is 3.13. The van der Waals surface area contributed by atoms with Crippen LogP contribution in [-0.2, 0) is 13.2 Å². The standard InChI is InChI=1S/C21H18F3N7O2/c1-11(12-7-13(21(22,23)24)9-14(25)8-12)26-20(33)17-5-6-19(32)31(28-17)15-3-4-16-18(10-15)30(2)29-27-16/h3-11H,25H2,1-2H3,(H,26,33)/t11-/m1/s1. The molecule has 4 aromatic rings. The third-order valence-electron chi connectivity index (χ3n) is 5.02. The summed E-state index contributed by atoms with van der Waals surface area (Å²) in [7, 11) is 1.70. The molecule has 0 saturated carbocycles. The quantitative estimate of drug-likeness (QED) is 0.455. The van der Waals surface area contributed by atoms with Gasteiger partial charge in [0.1, 0.15) is 11.2 Å². The van der Waals surface area contributed by atoms with E-state index < -0.39 is 29.2 Å². The largest absolute Gasteiger partial charge is 0.416 e. The number of nitrogen functional groups attached to an aromatic ring is 1. The van der Waals surface area contributed by atoms with Crippen molar-refractivity contribution in [3.05, 3.63) is 75.7 Å². The van der Waals surface area contributed by atoms with Gasteiger partial charge in [0.25, 0.3) is 11.5 Å². The number of halogens is 3. The summed E-state index contributed by atoms with van der Waals surface area (Å²) in [5.74, 6) is -0.671. The summed E-state index contributed by atoms with van der Waals surface area (Å²) in [6.45, 7) is 1.52. The molecular weight excluding hydrogens is 439 g/mol. The Morgan fingerprint density at radius 3 is 2.61 bits per heavy atom. The molecule has 4 rings (SSSR count). The molecule has 170 valence electrons. The number of carbonyl (C=O) groups is 1. The predicted octanol–water partition coefficient (Wildman–Crippen LogP) is 2.61. The maximum absolute atomic E-state index is 13.1. The van der Waals surface area contributed by atoms with Gasteiger partial charge in [0, 0.05) is 18.8 Å². The fraction of sp³-hybridized carbons (Fsp3) is 0.190. The van der Waals surface area contributed by atoms with E-state index in [1.807, 2.05) is 0 Å². The third kappa shape index (κ3) is 4.40. The van der Waals surface area contributed by atoms with Crippen LogP contribution in [0.15, 0.2) is 53.3 Å². The summed E-state index contributed by atoms with van der Waals surface area (Å²) >= 11 is 0. The second-order valence-electron chi connectivity index (χ2n) is 7.44. The Morgan fingerprint density at radius 1 is 1.12 bits per heavy atom. The molecular formula is C21H18F3N7O2. The van der Waals surface area contributed by atoms with E-state index in [0.717, 1.165) is 16.8 Å². The van der Waals surface area contributed by atoms with Gasteiger partial charge < -0.3 is 11.1 Å². The van der Waals surface area contributed by atoms with E-state index in [1.54, 1.807) is 25.2 Å². The number of nitrogens with two attached hydrogens (primary N) is 1. The molecule has 0 spiro atoms. The third-order valence-corrected chi connectivity index (χ3v) is 5.02. The smallest absolute Gasteiger partial charge is 0.399 e. The molecule has 2 aromatic carbocycles. The lowest BCUT2D eigenvalue weighted by Crippen LogP contribution is -2.30. The number of nitrogens with zero attached hydrogens (tertiary/aromatic N) is 5. The molecule has 0 bridgehead atoms. The summed E-state index contributed by atoms with van der Waals surface area (Å²) in [6.07, 6.45) is -4.57. The second-order valence-corrected chi connectivity index (χ2v) is 7.44. The first-order valence-electron chi connectivity index (χ1n) is 9.71. The minimum Gasteiger partial charge on any atom is -0.399 e. The van der Waals surface area contributed by atoms with Crippen LogP contribution in [0.4, 0.5) is 18.9 Å². The highest BCUT2D eigenvalue weighted by Gasteiger charge is 2.31. The lowest BCUT2D eigenvalue weighted by molar-refractivity contribution is -0.137. The number of aryl methyl sites for hydroxylation is 1. The van der Waals surface area contributed by atoms with Crippen LogP contribution < -0.4 is 16.6 Å². The lowest BCUT2D eigenvalue weighted by atomic mass is 10.0. The summed E-state index contributed by atoms with van der Waals surface area (Å²) in [4.78, 5) is 25.1. The summed E-state index contributed by atoms with van der Waals surface area (Å²) in [5, 5.41) is 14.6. The maximum atomic E-state index is 13.1. The number of nitrogens with one attached hydrogen (secondary N) is 1. The Kier molecular flexibility index (Phi) is 5.36. The summed E-state index contributed by atoms with van der Waals surface area (Å²) in [5.41, 5.74) is 5.91. The van der Waals surface area contributed by atoms with Crippen molar-refractivity contribution >= 4 is 22.6 Å². The number of rotatable bonds is 4. The molecule has 9 nitrogen and oxygen atoms in total. The number of amides is 1. The number of benzene rings is 2. The van der Waals surface area contributed by atoms with Crippen LogP contribution in [0.3, 0.4) is 0 Å². The van der Waals surface area contributed by atoms with Crippen molar-refractivity contribution < 1.29 is 18.0 Å². The highest BCUT2D eigenvalue weighted by Crippen LogP contribution is 2.32. The number of fused-ring (bicyclic) bond motifs is 1. The second kappa shape index (κ2) is 8.04. The van der Waals surface area contributed by atoms with Crippen molar-refractivity contribution in [2.24, 2.45) is 7.05 Å². The Hall–Kier alpha value is -4.22. The zero-order valence-corrected chi connectivity index (χ0v) is 17.5. The topological polar surface area (TPSA) is 121 Å². The minimum atomic E-state index is -4.57. The SMILES string of the molecule is C[C@@H](NC(=O)c1ccc(=O)n(-c2ccc3nnn(C)c3c2)n1)c1cc(N)cc(C(F)(F)F)c1. The molecule has 0 aliphatic rings. The van der Waals surface area contributed by atoms with Gasteiger partial charge in [0.05, 0.1) is 22.8 Å². The van der Waals surface area contributed by atoms with Crippen LogP contribution in [-0.4, -0.2) is 30.7 Å². The van der Waals surface area contributed by atoms with Gasteiger partial charge in [-0.25, -0.2) is 4.68 Å². The van der Waals surface area contributed by atoms with E-state index >= 15 is 0 Å². The Labute approximate surface area is 184 Å². The summed E-state index contributed by atoms with van der Waals surface area (Å²) in [6, 6.07) is 9.65. The van der Waals surface area contributed by atoms with E-state index in [2.05, 4.69) is 20.7 Å². The van der Waals surface area contributed by atoms with E-state index in [4.69, 9.17) is 5.73 Å². The van der Waals surface area contributed by atoms with Crippen LogP contribution in [0.2, 0.25) is 0 Å². The van der Waals surface area contributed by atoms with Gasteiger partial charge in [-0.2, -0.15) is 23.0 Å². The minimum absolute atomic E-state index is 0.0763. The van der Waals surface area contributed by atoms with Crippen LogP contribution in [0.25, 0.3) is 16.7 Å². The summed E-state index contributed by atoms with van der Waals surface area (Å²) < 4.78 is 41.8. The highest BCUT2D eigenvalue weighted by atomic mass is 19.4. The molecule has 0 fully saturated rings. The van der Waals surface area contributed by atoms with Crippen LogP contribution in [0, 0.1) is 0 Å². The molecule has 0 aliphatic heterocycles. The molecule has 3 N–H and O–H groups in total. The molecule has 2 aromatic heterocycles. The van der Waals surface area contributed by atoms with Gasteiger partial charge in [-0.05, 0) is 55.0 Å². The molecule has 0 radical (unpaired) electrons. The normalized spacial score (nSPS) is 12.6. The van der Waals surface area contributed by atoms with Crippen molar-refractivity contribution in [1.29, 1.82) is 0 Å². The number of hydrogen-bond donors (Lipinski definition) is 2. The molecule has 1 atom stereocenters. The number of aromatic nitrogens is 5. The predicted molar refractivity (Wildman–Crippen MR) is 114 cm³/mol. The zero-order valence-electron chi connectivity index (χ0n) is 17.5. The molecule has 2 heterocycles. The first-order valence-corrected chi connectivity index (χ1v) is 9.71. The molecule has 12 heteroatoms. The fourth-order valence-corrected chi connectivity index (χ4v) is 3.31. The number of alkyl halides is 3. The lowest BCUT2D eigenvalue weighted by Gasteiger charge is -2.17. The van der Waals surface area contributed by atoms with Gasteiger partial charge in [0.15, 0.2) is 0 Å². The van der Waals surface area contributed by atoms with Crippen molar-refractivity contribution in [2.45, 2.75) is 19.1 Å². The van der Waals surface area contributed by atoms with E-state index in [9.17, 15) is 22.8 Å². The van der Waals surface area contributed by atoms with Crippen molar-refractivity contribution in [1.82, 2.24) is 30.1 Å². The first kappa shape index (κ1) is 22.0. The number of anilines is 1. The highest BCUT2D eigenvalue weighted by molar-refractivity contribution is 5.92. The van der Waals surface area contributed by atoms with E-state index in [1.165, 1.54) is 29.8 Å². The monoisotopic (exact) mass is 457 g/mol. The van der Waals surface area contributed by atoms with Crippen LogP contribution in [0.5, 0.6) is 0 Å². The van der Waals surface area contributed by atoms with E-state index in [-0.39, 0.29) is 16.9 Å². The number of hydrogen-bond acceptors (Lipinski definition) is 6. The molecule has 0 aliphatic carbocycles. The average molecular weight is 457 g/mol. The van der Waals surface area contributed by atoms with Gasteiger partial charge >= 0.3 is 6.18 Å². The Morgan fingerprint density at radius 2 is 1.88 bits per heavy atom. The van der Waals surface area contributed by atoms with Crippen molar-refractivity contribution in [2.75, 3.05) is 5.73 Å². The van der Waals surface area contributed by atoms with Gasteiger partial charge in [-0.3, -0.25) is 9.59 Å². The van der Waals surface area contributed by atoms with E-state index in [0.29, 0.717) is 16.7 Å².